The number of nitrogens with zero attached hydrogens (tertiary/aromatic N) is 2. The molecule has 21 heavy (non-hydrogen) atoms. The van der Waals surface area contributed by atoms with E-state index in [9.17, 15) is 8.42 Å². The fourth-order valence-electron chi connectivity index (χ4n) is 1.53. The summed E-state index contributed by atoms with van der Waals surface area (Å²) in [6.07, 6.45) is 0. The van der Waals surface area contributed by atoms with Gasteiger partial charge in [-0.1, -0.05) is 16.1 Å². The van der Waals surface area contributed by atoms with Crippen LogP contribution in [0.15, 0.2) is 29.2 Å². The summed E-state index contributed by atoms with van der Waals surface area (Å²) in [6.45, 7) is 0.873. The van der Waals surface area contributed by atoms with Crippen LogP contribution in [0.2, 0.25) is 4.34 Å². The molecule has 6 nitrogen and oxygen atoms in total. The van der Waals surface area contributed by atoms with Crippen molar-refractivity contribution in [3.05, 3.63) is 34.3 Å². The van der Waals surface area contributed by atoms with E-state index in [1.807, 2.05) is 0 Å². The summed E-state index contributed by atoms with van der Waals surface area (Å²) < 4.78 is 38.6. The molecule has 1 heterocycles. The number of ether oxygens (including phenoxy) is 2. The summed E-state index contributed by atoms with van der Waals surface area (Å²) in [7, 11) is -1.93. The first-order chi connectivity index (χ1) is 10.0. The van der Waals surface area contributed by atoms with Crippen molar-refractivity contribution in [3.63, 3.8) is 0 Å². The Balaban J connectivity index is 2.08. The molecule has 114 valence electrons. The van der Waals surface area contributed by atoms with Crippen molar-refractivity contribution < 1.29 is 17.9 Å². The van der Waals surface area contributed by atoms with Gasteiger partial charge in [0.15, 0.2) is 9.84 Å². The number of benzene rings is 1. The van der Waals surface area contributed by atoms with Crippen LogP contribution < -0.4 is 4.74 Å². The summed E-state index contributed by atoms with van der Waals surface area (Å²) in [5.74, 6) is 0.311. The standard InChI is InChI=1S/C12H13ClN2O4S2/c1-18-6-7-19-9-2-4-10(5-3-9)21(16,17)8-11-12(13)20-15-14-11/h2-5H,6-8H2,1H3. The predicted molar refractivity (Wildman–Crippen MR) is 79.6 cm³/mol. The smallest absolute Gasteiger partial charge is 0.184 e. The molecule has 0 unspecified atom stereocenters. The minimum absolute atomic E-state index is 0.186. The van der Waals surface area contributed by atoms with Crippen molar-refractivity contribution in [2.24, 2.45) is 0 Å². The number of halogens is 1. The van der Waals surface area contributed by atoms with Gasteiger partial charge < -0.3 is 9.47 Å². The van der Waals surface area contributed by atoms with Crippen LogP contribution in [0.1, 0.15) is 5.69 Å². The fraction of sp³-hybridized carbons (Fsp3) is 0.333. The minimum atomic E-state index is -3.51. The number of rotatable bonds is 7. The molecule has 0 amide bonds. The molecular formula is C12H13ClN2O4S2. The summed E-state index contributed by atoms with van der Waals surface area (Å²) >= 11 is 6.79. The van der Waals surface area contributed by atoms with Crippen LogP contribution in [-0.2, 0) is 20.3 Å². The molecule has 0 radical (unpaired) electrons. The molecule has 9 heteroatoms. The molecule has 0 atom stereocenters. The zero-order valence-electron chi connectivity index (χ0n) is 11.2. The third kappa shape index (κ3) is 4.37. The van der Waals surface area contributed by atoms with Crippen LogP contribution in [0.25, 0.3) is 0 Å². The number of hydrogen-bond acceptors (Lipinski definition) is 7. The third-order valence-electron chi connectivity index (χ3n) is 2.58. The van der Waals surface area contributed by atoms with Gasteiger partial charge in [0.1, 0.15) is 28.1 Å². The second kappa shape index (κ2) is 7.17. The van der Waals surface area contributed by atoms with Crippen LogP contribution in [-0.4, -0.2) is 38.3 Å². The SMILES string of the molecule is COCCOc1ccc(S(=O)(=O)Cc2nnsc2Cl)cc1. The maximum absolute atomic E-state index is 12.2. The number of sulfone groups is 1. The topological polar surface area (TPSA) is 78.4 Å². The Morgan fingerprint density at radius 3 is 2.52 bits per heavy atom. The Bertz CT molecular complexity index is 686. The molecule has 0 aliphatic carbocycles. The number of hydrogen-bond donors (Lipinski definition) is 0. The molecule has 0 aliphatic rings. The molecule has 0 aliphatic heterocycles. The van der Waals surface area contributed by atoms with Gasteiger partial charge in [-0.2, -0.15) is 0 Å². The lowest BCUT2D eigenvalue weighted by molar-refractivity contribution is 0.146. The second-order valence-electron chi connectivity index (χ2n) is 4.07. The largest absolute Gasteiger partial charge is 0.491 e. The Morgan fingerprint density at radius 2 is 1.95 bits per heavy atom. The summed E-state index contributed by atoms with van der Waals surface area (Å²) in [6, 6.07) is 6.18. The van der Waals surface area contributed by atoms with Crippen molar-refractivity contribution in [1.82, 2.24) is 9.59 Å². The van der Waals surface area contributed by atoms with Gasteiger partial charge in [-0.3, -0.25) is 0 Å². The van der Waals surface area contributed by atoms with Crippen LogP contribution >= 0.6 is 23.1 Å². The lowest BCUT2D eigenvalue weighted by Crippen LogP contribution is -2.07. The fourth-order valence-corrected chi connectivity index (χ4v) is 3.61. The van der Waals surface area contributed by atoms with Crippen molar-refractivity contribution in [1.29, 1.82) is 0 Å². The molecule has 0 N–H and O–H groups in total. The first-order valence-electron chi connectivity index (χ1n) is 5.94. The first-order valence-corrected chi connectivity index (χ1v) is 8.74. The highest BCUT2D eigenvalue weighted by Gasteiger charge is 2.19. The molecule has 0 saturated carbocycles. The van der Waals surface area contributed by atoms with Gasteiger partial charge >= 0.3 is 0 Å². The van der Waals surface area contributed by atoms with Crippen molar-refractivity contribution >= 4 is 33.0 Å². The van der Waals surface area contributed by atoms with Gasteiger partial charge in [0.05, 0.1) is 11.5 Å². The maximum atomic E-state index is 12.2. The van der Waals surface area contributed by atoms with Crippen LogP contribution in [0.4, 0.5) is 0 Å². The highest BCUT2D eigenvalue weighted by Crippen LogP contribution is 2.24. The molecule has 0 fully saturated rings. The van der Waals surface area contributed by atoms with E-state index < -0.39 is 9.84 Å². The minimum Gasteiger partial charge on any atom is -0.491 e. The zero-order chi connectivity index (χ0) is 15.3. The van der Waals surface area contributed by atoms with E-state index >= 15 is 0 Å². The van der Waals surface area contributed by atoms with Gasteiger partial charge in [0.25, 0.3) is 0 Å². The lowest BCUT2D eigenvalue weighted by atomic mass is 10.3. The van der Waals surface area contributed by atoms with E-state index in [1.54, 1.807) is 19.2 Å². The predicted octanol–water partition coefficient (Wildman–Crippen LogP) is 2.19. The Hall–Kier alpha value is -1.22. The third-order valence-corrected chi connectivity index (χ3v) is 5.20. The molecule has 0 spiro atoms. The average molecular weight is 349 g/mol. The quantitative estimate of drug-likeness (QED) is 0.714. The average Bonchev–Trinajstić information content (AvgIpc) is 2.84. The molecule has 0 saturated heterocycles. The van der Waals surface area contributed by atoms with Gasteiger partial charge in [-0.05, 0) is 24.3 Å². The molecular weight excluding hydrogens is 336 g/mol. The molecule has 1 aromatic heterocycles. The van der Waals surface area contributed by atoms with Crippen LogP contribution in [0.3, 0.4) is 0 Å². The highest BCUT2D eigenvalue weighted by atomic mass is 35.5. The number of methoxy groups -OCH3 is 1. The van der Waals surface area contributed by atoms with Crippen molar-refractivity contribution in [2.45, 2.75) is 10.6 Å². The molecule has 2 rings (SSSR count). The maximum Gasteiger partial charge on any atom is 0.184 e. The molecule has 1 aromatic carbocycles. The lowest BCUT2D eigenvalue weighted by Gasteiger charge is -2.07. The Morgan fingerprint density at radius 1 is 1.24 bits per heavy atom. The van der Waals surface area contributed by atoms with Gasteiger partial charge in [-0.15, -0.1) is 5.10 Å². The summed E-state index contributed by atoms with van der Waals surface area (Å²) in [5.41, 5.74) is 0.266. The molecule has 2 aromatic rings. The second-order valence-corrected chi connectivity index (χ2v) is 7.41. The van der Waals surface area contributed by atoms with Crippen LogP contribution in [0.5, 0.6) is 5.75 Å². The van der Waals surface area contributed by atoms with Gasteiger partial charge in [-0.25, -0.2) is 8.42 Å². The van der Waals surface area contributed by atoms with E-state index in [1.165, 1.54) is 12.1 Å². The van der Waals surface area contributed by atoms with Gasteiger partial charge in [0.2, 0.25) is 0 Å². The summed E-state index contributed by atoms with van der Waals surface area (Å²) in [4.78, 5) is 0.186. The highest BCUT2D eigenvalue weighted by molar-refractivity contribution is 7.90. The number of aromatic nitrogens is 2. The summed E-state index contributed by atoms with van der Waals surface area (Å²) in [5, 5.41) is 3.71. The van der Waals surface area contributed by atoms with Crippen LogP contribution in [0, 0.1) is 0 Å². The Labute approximate surface area is 131 Å². The van der Waals surface area contributed by atoms with E-state index in [4.69, 9.17) is 21.1 Å². The van der Waals surface area contributed by atoms with E-state index in [0.717, 1.165) is 11.5 Å². The van der Waals surface area contributed by atoms with E-state index in [-0.39, 0.29) is 20.7 Å². The first kappa shape index (κ1) is 16.2. The molecule has 0 bridgehead atoms. The van der Waals surface area contributed by atoms with Crippen molar-refractivity contribution in [2.75, 3.05) is 20.3 Å². The van der Waals surface area contributed by atoms with E-state index in [2.05, 4.69) is 9.59 Å². The van der Waals surface area contributed by atoms with E-state index in [0.29, 0.717) is 19.0 Å². The van der Waals surface area contributed by atoms with Gasteiger partial charge in [0, 0.05) is 18.6 Å². The normalized spacial score (nSPS) is 11.5. The van der Waals surface area contributed by atoms with Crippen molar-refractivity contribution in [3.8, 4) is 5.75 Å². The monoisotopic (exact) mass is 348 g/mol. The Kier molecular flexibility index (Phi) is 5.51. The zero-order valence-corrected chi connectivity index (χ0v) is 13.5.